The first kappa shape index (κ1) is 24.1. The van der Waals surface area contributed by atoms with Crippen molar-refractivity contribution in [2.75, 3.05) is 16.5 Å². The monoisotopic (exact) mass is 498 g/mol. The number of rotatable bonds is 3. The number of pyridine rings is 2. The molecule has 7 nitrogen and oxygen atoms in total. The van der Waals surface area contributed by atoms with E-state index in [0.29, 0.717) is 18.0 Å². The maximum absolute atomic E-state index is 13.4. The van der Waals surface area contributed by atoms with E-state index in [9.17, 15) is 35.9 Å². The molecule has 1 aliphatic rings. The molecule has 0 unspecified atom stereocenters. The van der Waals surface area contributed by atoms with Crippen molar-refractivity contribution in [3.8, 4) is 5.75 Å². The second kappa shape index (κ2) is 8.32. The van der Waals surface area contributed by atoms with Crippen LogP contribution < -0.4 is 20.1 Å². The summed E-state index contributed by atoms with van der Waals surface area (Å²) < 4.78 is 81.8. The van der Waals surface area contributed by atoms with E-state index in [4.69, 9.17) is 0 Å². The molecule has 0 saturated heterocycles. The van der Waals surface area contributed by atoms with Crippen molar-refractivity contribution in [3.63, 3.8) is 0 Å². The molecule has 13 heteroatoms. The van der Waals surface area contributed by atoms with Crippen LogP contribution in [0.15, 0.2) is 47.4 Å². The number of benzene rings is 1. The van der Waals surface area contributed by atoms with E-state index >= 15 is 0 Å². The van der Waals surface area contributed by atoms with Crippen LogP contribution in [0.4, 0.5) is 43.5 Å². The molecular formula is C22H16F6N4O3. The number of anilines is 3. The number of amides is 1. The van der Waals surface area contributed by atoms with Gasteiger partial charge in [-0.3, -0.25) is 14.5 Å². The van der Waals surface area contributed by atoms with E-state index in [0.717, 1.165) is 23.1 Å². The highest BCUT2D eigenvalue weighted by molar-refractivity contribution is 6.12. The number of hydrogen-bond acceptors (Lipinski definition) is 5. The Hall–Kier alpha value is -4.03. The molecule has 1 aliphatic heterocycles. The third kappa shape index (κ3) is 4.79. The van der Waals surface area contributed by atoms with Crippen LogP contribution in [-0.4, -0.2) is 28.9 Å². The predicted molar refractivity (Wildman–Crippen MR) is 113 cm³/mol. The highest BCUT2D eigenvalue weighted by Gasteiger charge is 2.38. The molecule has 0 spiro atoms. The minimum Gasteiger partial charge on any atom is -0.406 e. The standard InChI is InChI=1S/C22H16F6N4O3/c1-11-7-14(35-22(26,27)28)3-4-16(11)31-10-32(17-5-6-18(33)30-12(17)2)20(34)15-8-13(21(23,24)25)9-29-19(15)31/h3-9H,10H2,1-2H3,(H,30,33). The first-order valence-corrected chi connectivity index (χ1v) is 9.97. The second-order valence-corrected chi connectivity index (χ2v) is 7.72. The van der Waals surface area contributed by atoms with Gasteiger partial charge in [0.1, 0.15) is 18.2 Å². The normalized spacial score (nSPS) is 14.2. The molecule has 0 bridgehead atoms. The van der Waals surface area contributed by atoms with Crippen LogP contribution in [0.1, 0.15) is 27.2 Å². The molecule has 3 heterocycles. The van der Waals surface area contributed by atoms with E-state index in [1.165, 1.54) is 30.9 Å². The zero-order valence-corrected chi connectivity index (χ0v) is 18.1. The lowest BCUT2D eigenvalue weighted by atomic mass is 10.1. The summed E-state index contributed by atoms with van der Waals surface area (Å²) in [5, 5.41) is 0. The highest BCUT2D eigenvalue weighted by Crippen LogP contribution is 2.40. The zero-order valence-electron chi connectivity index (χ0n) is 18.1. The first-order valence-electron chi connectivity index (χ1n) is 9.97. The van der Waals surface area contributed by atoms with Gasteiger partial charge in [-0.15, -0.1) is 13.2 Å². The van der Waals surface area contributed by atoms with Gasteiger partial charge in [-0.25, -0.2) is 4.98 Å². The van der Waals surface area contributed by atoms with Gasteiger partial charge in [0.2, 0.25) is 5.56 Å². The van der Waals surface area contributed by atoms with Gasteiger partial charge in [-0.2, -0.15) is 13.2 Å². The van der Waals surface area contributed by atoms with Crippen LogP contribution in [0.2, 0.25) is 0 Å². The van der Waals surface area contributed by atoms with Gasteiger partial charge in [0.05, 0.1) is 16.8 Å². The molecule has 1 amide bonds. The summed E-state index contributed by atoms with van der Waals surface area (Å²) in [5.41, 5.74) is -0.858. The Morgan fingerprint density at radius 1 is 0.943 bits per heavy atom. The van der Waals surface area contributed by atoms with E-state index in [1.54, 1.807) is 0 Å². The van der Waals surface area contributed by atoms with Crippen molar-refractivity contribution >= 4 is 23.1 Å². The van der Waals surface area contributed by atoms with Crippen molar-refractivity contribution in [3.05, 3.63) is 75.3 Å². The van der Waals surface area contributed by atoms with Crippen LogP contribution in [0.3, 0.4) is 0 Å². The lowest BCUT2D eigenvalue weighted by molar-refractivity contribution is -0.274. The molecule has 184 valence electrons. The van der Waals surface area contributed by atoms with Gasteiger partial charge in [-0.1, -0.05) is 0 Å². The number of aromatic nitrogens is 2. The number of fused-ring (bicyclic) bond motifs is 1. The van der Waals surface area contributed by atoms with E-state index < -0.39 is 35.3 Å². The Kier molecular flexibility index (Phi) is 5.73. The van der Waals surface area contributed by atoms with Crippen molar-refractivity contribution in [1.82, 2.24) is 9.97 Å². The number of halogens is 6. The largest absolute Gasteiger partial charge is 0.573 e. The Balaban J connectivity index is 1.86. The van der Waals surface area contributed by atoms with Crippen LogP contribution >= 0.6 is 0 Å². The fourth-order valence-electron chi connectivity index (χ4n) is 3.77. The molecule has 0 saturated carbocycles. The summed E-state index contributed by atoms with van der Waals surface area (Å²) in [6.45, 7) is 2.76. The molecule has 1 aromatic carbocycles. The number of H-pyrrole nitrogens is 1. The SMILES string of the molecule is Cc1cc(OC(F)(F)F)ccc1N1CN(c2ccc(=O)[nH]c2C)C(=O)c2cc(C(F)(F)F)cnc21. The fourth-order valence-corrected chi connectivity index (χ4v) is 3.77. The molecule has 3 aromatic rings. The van der Waals surface area contributed by atoms with Crippen molar-refractivity contribution < 1.29 is 35.9 Å². The number of nitrogens with zero attached hydrogens (tertiary/aromatic N) is 3. The Morgan fingerprint density at radius 3 is 2.23 bits per heavy atom. The van der Waals surface area contributed by atoms with Crippen LogP contribution in [0.25, 0.3) is 0 Å². The van der Waals surface area contributed by atoms with Gasteiger partial charge in [-0.05, 0) is 49.7 Å². The van der Waals surface area contributed by atoms with Gasteiger partial charge in [0.15, 0.2) is 0 Å². The Bertz CT molecular complexity index is 1370. The smallest absolute Gasteiger partial charge is 0.406 e. The minimum atomic E-state index is -4.91. The molecule has 4 rings (SSSR count). The van der Waals surface area contributed by atoms with Gasteiger partial charge >= 0.3 is 12.5 Å². The molecule has 0 fully saturated rings. The summed E-state index contributed by atoms with van der Waals surface area (Å²) in [7, 11) is 0. The number of ether oxygens (including phenoxy) is 1. The summed E-state index contributed by atoms with van der Waals surface area (Å²) in [4.78, 5) is 33.8. The zero-order chi connectivity index (χ0) is 25.7. The predicted octanol–water partition coefficient (Wildman–Crippen LogP) is 5.06. The average Bonchev–Trinajstić information content (AvgIpc) is 2.73. The topological polar surface area (TPSA) is 78.5 Å². The summed E-state index contributed by atoms with van der Waals surface area (Å²) in [5.74, 6) is -1.38. The van der Waals surface area contributed by atoms with Crippen LogP contribution in [0.5, 0.6) is 5.75 Å². The fraction of sp³-hybridized carbons (Fsp3) is 0.227. The number of nitrogens with one attached hydrogen (secondary N) is 1. The summed E-state index contributed by atoms with van der Waals surface area (Å²) in [6.07, 6.45) is -9.10. The molecule has 1 N–H and O–H groups in total. The Morgan fingerprint density at radius 2 is 1.63 bits per heavy atom. The first-order chi connectivity index (χ1) is 16.2. The van der Waals surface area contributed by atoms with Crippen LogP contribution in [0, 0.1) is 13.8 Å². The molecular weight excluding hydrogens is 482 g/mol. The van der Waals surface area contributed by atoms with Gasteiger partial charge in [0, 0.05) is 23.6 Å². The van der Waals surface area contributed by atoms with Crippen molar-refractivity contribution in [1.29, 1.82) is 0 Å². The maximum atomic E-state index is 13.4. The lowest BCUT2D eigenvalue weighted by Crippen LogP contribution is -2.46. The number of carbonyl (C=O) groups is 1. The number of alkyl halides is 6. The van der Waals surface area contributed by atoms with E-state index in [2.05, 4.69) is 14.7 Å². The van der Waals surface area contributed by atoms with Crippen molar-refractivity contribution in [2.24, 2.45) is 0 Å². The van der Waals surface area contributed by atoms with Crippen LogP contribution in [-0.2, 0) is 6.18 Å². The van der Waals surface area contributed by atoms with Gasteiger partial charge in [0.25, 0.3) is 5.91 Å². The maximum Gasteiger partial charge on any atom is 0.573 e. The molecule has 0 aliphatic carbocycles. The van der Waals surface area contributed by atoms with Crippen molar-refractivity contribution in [2.45, 2.75) is 26.4 Å². The number of carbonyl (C=O) groups excluding carboxylic acids is 1. The van der Waals surface area contributed by atoms with Gasteiger partial charge < -0.3 is 14.6 Å². The summed E-state index contributed by atoms with van der Waals surface area (Å²) >= 11 is 0. The number of aryl methyl sites for hydroxylation is 2. The third-order valence-electron chi connectivity index (χ3n) is 5.28. The summed E-state index contributed by atoms with van der Waals surface area (Å²) in [6, 6.07) is 6.62. The minimum absolute atomic E-state index is 0.103. The second-order valence-electron chi connectivity index (χ2n) is 7.72. The third-order valence-corrected chi connectivity index (χ3v) is 5.28. The van der Waals surface area contributed by atoms with E-state index in [1.807, 2.05) is 0 Å². The molecule has 35 heavy (non-hydrogen) atoms. The van der Waals surface area contributed by atoms with E-state index in [-0.39, 0.29) is 35.0 Å². The highest BCUT2D eigenvalue weighted by atomic mass is 19.4. The quantitative estimate of drug-likeness (QED) is 0.511. The molecule has 0 radical (unpaired) electrons. The lowest BCUT2D eigenvalue weighted by Gasteiger charge is -2.38. The Labute approximate surface area is 193 Å². The number of aromatic amines is 1. The average molecular weight is 498 g/mol. The number of hydrogen-bond donors (Lipinski definition) is 1. The molecule has 2 aromatic heterocycles. The molecule has 0 atom stereocenters.